The summed E-state index contributed by atoms with van der Waals surface area (Å²) in [5, 5.41) is 0. The van der Waals surface area contributed by atoms with Crippen molar-refractivity contribution in [2.75, 3.05) is 12.0 Å². The summed E-state index contributed by atoms with van der Waals surface area (Å²) in [5.74, 6) is 0.677. The maximum absolute atomic E-state index is 13.7. The largest absolute Gasteiger partial charge is 0.497 e. The Bertz CT molecular complexity index is 1200. The van der Waals surface area contributed by atoms with Gasteiger partial charge in [-0.3, -0.25) is 9.59 Å². The van der Waals surface area contributed by atoms with Crippen LogP contribution in [-0.4, -0.2) is 23.9 Å². The second kappa shape index (κ2) is 7.91. The van der Waals surface area contributed by atoms with Crippen LogP contribution in [0.5, 0.6) is 5.75 Å². The van der Waals surface area contributed by atoms with E-state index in [0.29, 0.717) is 11.6 Å². The van der Waals surface area contributed by atoms with Gasteiger partial charge in [0.1, 0.15) is 5.75 Å². The van der Waals surface area contributed by atoms with Crippen LogP contribution in [0.25, 0.3) is 0 Å². The van der Waals surface area contributed by atoms with E-state index >= 15 is 0 Å². The van der Waals surface area contributed by atoms with Crippen molar-refractivity contribution in [3.05, 3.63) is 83.2 Å². The molecule has 5 heteroatoms. The monoisotopic (exact) mass is 440 g/mol. The zero-order valence-electron chi connectivity index (χ0n) is 18.8. The van der Waals surface area contributed by atoms with Gasteiger partial charge in [0, 0.05) is 23.7 Å². The van der Waals surface area contributed by atoms with Crippen molar-refractivity contribution in [1.29, 1.82) is 0 Å². The molecule has 2 heterocycles. The Morgan fingerprint density at radius 3 is 2.48 bits per heavy atom. The van der Waals surface area contributed by atoms with Crippen LogP contribution in [0.15, 0.2) is 60.7 Å². The first kappa shape index (κ1) is 20.3. The molecule has 1 saturated carbocycles. The van der Waals surface area contributed by atoms with Crippen molar-refractivity contribution in [3.8, 4) is 5.75 Å². The van der Waals surface area contributed by atoms with Gasteiger partial charge in [-0.25, -0.2) is 4.90 Å². The van der Waals surface area contributed by atoms with E-state index in [9.17, 15) is 9.59 Å². The number of nitrogens with one attached hydrogen (secondary N) is 1. The molecule has 2 fully saturated rings. The number of carbonyl (C=O) groups excluding carboxylic acids is 2. The summed E-state index contributed by atoms with van der Waals surface area (Å²) in [4.78, 5) is 32.5. The Kier molecular flexibility index (Phi) is 4.86. The molecule has 3 aromatic rings. The standard InChI is InChI=1S/C28H28N2O3/c1-33-20-13-11-17(12-14-20)15-18-16-23-25-24(21-9-5-6-10-22(21)26(23)29-18)27(31)30(28(25)32)19-7-3-2-4-8-19/h2-4,7-8,11-14,16,21-22,24-25,29H,5-6,9-10,15H2,1H3/t21-,22-,24-,25+/m0/s1. The number of anilines is 1. The normalized spacial score (nSPS) is 26.0. The summed E-state index contributed by atoms with van der Waals surface area (Å²) in [7, 11) is 1.67. The van der Waals surface area contributed by atoms with Crippen LogP contribution in [0.1, 0.15) is 60.0 Å². The molecule has 0 bridgehead atoms. The fraction of sp³-hybridized carbons (Fsp3) is 0.357. The molecule has 6 rings (SSSR count). The molecule has 1 N–H and O–H groups in total. The van der Waals surface area contributed by atoms with E-state index in [-0.39, 0.29) is 29.6 Å². The molecule has 168 valence electrons. The maximum Gasteiger partial charge on any atom is 0.242 e. The molecule has 33 heavy (non-hydrogen) atoms. The minimum absolute atomic E-state index is 0.0170. The van der Waals surface area contributed by atoms with Crippen LogP contribution in [0, 0.1) is 11.8 Å². The van der Waals surface area contributed by atoms with E-state index in [2.05, 4.69) is 23.2 Å². The Balaban J connectivity index is 1.40. The fourth-order valence-electron chi connectivity index (χ4n) is 6.40. The molecule has 1 aliphatic heterocycles. The number of methoxy groups -OCH3 is 1. The van der Waals surface area contributed by atoms with Gasteiger partial charge in [-0.1, -0.05) is 43.2 Å². The zero-order chi connectivity index (χ0) is 22.5. The molecule has 2 aliphatic carbocycles. The summed E-state index contributed by atoms with van der Waals surface area (Å²) in [6.45, 7) is 0. The van der Waals surface area contributed by atoms with Gasteiger partial charge in [0.15, 0.2) is 0 Å². The molecule has 0 spiro atoms. The van der Waals surface area contributed by atoms with E-state index < -0.39 is 0 Å². The molecule has 4 atom stereocenters. The van der Waals surface area contributed by atoms with E-state index in [1.165, 1.54) is 22.6 Å². The highest BCUT2D eigenvalue weighted by Crippen LogP contribution is 2.56. The molecule has 3 aliphatic rings. The van der Waals surface area contributed by atoms with Crippen LogP contribution in [-0.2, 0) is 16.0 Å². The number of H-pyrrole nitrogens is 1. The molecule has 0 radical (unpaired) electrons. The number of aromatic nitrogens is 1. The number of ether oxygens (including phenoxy) is 1. The number of benzene rings is 2. The zero-order valence-corrected chi connectivity index (χ0v) is 18.8. The smallest absolute Gasteiger partial charge is 0.242 e. The van der Waals surface area contributed by atoms with Gasteiger partial charge in [-0.2, -0.15) is 0 Å². The summed E-state index contributed by atoms with van der Waals surface area (Å²) in [5.41, 5.74) is 5.22. The number of aromatic amines is 1. The van der Waals surface area contributed by atoms with Crippen LogP contribution >= 0.6 is 0 Å². The number of amides is 2. The number of hydrogen-bond acceptors (Lipinski definition) is 3. The summed E-state index contributed by atoms with van der Waals surface area (Å²) in [6, 6.07) is 19.7. The Labute approximate surface area is 193 Å². The lowest BCUT2D eigenvalue weighted by Gasteiger charge is -2.40. The van der Waals surface area contributed by atoms with Crippen LogP contribution in [0.4, 0.5) is 5.69 Å². The van der Waals surface area contributed by atoms with Crippen molar-refractivity contribution in [3.63, 3.8) is 0 Å². The quantitative estimate of drug-likeness (QED) is 0.569. The maximum atomic E-state index is 13.7. The molecule has 1 saturated heterocycles. The first-order valence-corrected chi connectivity index (χ1v) is 11.9. The lowest BCUT2D eigenvalue weighted by molar-refractivity contribution is -0.123. The van der Waals surface area contributed by atoms with Gasteiger partial charge in [0.05, 0.1) is 24.6 Å². The van der Waals surface area contributed by atoms with Gasteiger partial charge >= 0.3 is 0 Å². The van der Waals surface area contributed by atoms with Gasteiger partial charge in [0.25, 0.3) is 0 Å². The minimum atomic E-state index is -0.382. The van der Waals surface area contributed by atoms with Crippen molar-refractivity contribution < 1.29 is 14.3 Å². The van der Waals surface area contributed by atoms with Crippen molar-refractivity contribution in [2.45, 2.75) is 43.9 Å². The number of imide groups is 1. The number of para-hydroxylation sites is 1. The van der Waals surface area contributed by atoms with Gasteiger partial charge in [-0.15, -0.1) is 0 Å². The minimum Gasteiger partial charge on any atom is -0.497 e. The Morgan fingerprint density at radius 1 is 0.970 bits per heavy atom. The second-order valence-corrected chi connectivity index (χ2v) is 9.59. The third kappa shape index (κ3) is 3.21. The van der Waals surface area contributed by atoms with Crippen molar-refractivity contribution in [1.82, 2.24) is 4.98 Å². The van der Waals surface area contributed by atoms with E-state index in [0.717, 1.165) is 42.7 Å². The number of fused-ring (bicyclic) bond motifs is 6. The first-order valence-electron chi connectivity index (χ1n) is 11.9. The second-order valence-electron chi connectivity index (χ2n) is 9.59. The van der Waals surface area contributed by atoms with Crippen LogP contribution in [0.3, 0.4) is 0 Å². The Morgan fingerprint density at radius 2 is 1.73 bits per heavy atom. The first-order chi connectivity index (χ1) is 16.2. The number of carbonyl (C=O) groups is 2. The average Bonchev–Trinajstić information content (AvgIpc) is 3.38. The van der Waals surface area contributed by atoms with Crippen molar-refractivity contribution in [2.24, 2.45) is 11.8 Å². The average molecular weight is 441 g/mol. The predicted molar refractivity (Wildman–Crippen MR) is 126 cm³/mol. The SMILES string of the molecule is COc1ccc(Cc2cc3c([nH]2)[C@H]2CCCC[C@@H]2[C@@H]2C(=O)N(c4ccccc4)C(=O)[C@H]32)cc1. The highest BCUT2D eigenvalue weighted by molar-refractivity contribution is 6.24. The summed E-state index contributed by atoms with van der Waals surface area (Å²) >= 11 is 0. The number of nitrogens with zero attached hydrogens (tertiary/aromatic N) is 1. The van der Waals surface area contributed by atoms with Crippen molar-refractivity contribution >= 4 is 17.5 Å². The van der Waals surface area contributed by atoms with Crippen LogP contribution in [0.2, 0.25) is 0 Å². The molecule has 2 aromatic carbocycles. The lowest BCUT2D eigenvalue weighted by atomic mass is 9.62. The van der Waals surface area contributed by atoms with Crippen LogP contribution < -0.4 is 9.64 Å². The third-order valence-electron chi connectivity index (χ3n) is 7.84. The number of hydrogen-bond donors (Lipinski definition) is 1. The fourth-order valence-corrected chi connectivity index (χ4v) is 6.40. The topological polar surface area (TPSA) is 62.4 Å². The third-order valence-corrected chi connectivity index (χ3v) is 7.84. The lowest BCUT2D eigenvalue weighted by Crippen LogP contribution is -2.37. The van der Waals surface area contributed by atoms with E-state index in [4.69, 9.17) is 4.74 Å². The van der Waals surface area contributed by atoms with Gasteiger partial charge < -0.3 is 9.72 Å². The predicted octanol–water partition coefficient (Wildman–Crippen LogP) is 5.17. The Hall–Kier alpha value is -3.34. The summed E-state index contributed by atoms with van der Waals surface area (Å²) < 4.78 is 5.28. The highest BCUT2D eigenvalue weighted by Gasteiger charge is 2.57. The molecule has 5 nitrogen and oxygen atoms in total. The molecule has 2 amide bonds. The van der Waals surface area contributed by atoms with E-state index in [1.807, 2.05) is 42.5 Å². The number of rotatable bonds is 4. The molecular formula is C28H28N2O3. The highest BCUT2D eigenvalue weighted by atomic mass is 16.5. The van der Waals surface area contributed by atoms with E-state index in [1.54, 1.807) is 7.11 Å². The molecule has 1 aromatic heterocycles. The van der Waals surface area contributed by atoms with Gasteiger partial charge in [0.2, 0.25) is 11.8 Å². The molecular weight excluding hydrogens is 412 g/mol. The molecule has 0 unspecified atom stereocenters. The summed E-state index contributed by atoms with van der Waals surface area (Å²) in [6.07, 6.45) is 5.16. The van der Waals surface area contributed by atoms with Gasteiger partial charge in [-0.05, 0) is 60.2 Å².